The molecule has 4 nitrogen and oxygen atoms in total. The van der Waals surface area contributed by atoms with E-state index in [9.17, 15) is 4.21 Å². The van der Waals surface area contributed by atoms with Crippen LogP contribution in [0.25, 0.3) is 0 Å². The molecule has 0 N–H and O–H groups in total. The van der Waals surface area contributed by atoms with Gasteiger partial charge in [-0.1, -0.05) is 0 Å². The van der Waals surface area contributed by atoms with Crippen LogP contribution < -0.4 is 4.74 Å². The van der Waals surface area contributed by atoms with E-state index < -0.39 is 11.0 Å². The Bertz CT molecular complexity index is 487. The Balaban J connectivity index is 2.19. The second-order valence-electron chi connectivity index (χ2n) is 5.23. The van der Waals surface area contributed by atoms with Gasteiger partial charge in [-0.2, -0.15) is 0 Å². The lowest BCUT2D eigenvalue weighted by molar-refractivity contribution is 0.397. The van der Waals surface area contributed by atoms with Gasteiger partial charge in [0.15, 0.2) is 0 Å². The van der Waals surface area contributed by atoms with Crippen LogP contribution in [0.1, 0.15) is 32.4 Å². The molecule has 1 aromatic heterocycles. The Morgan fingerprint density at radius 1 is 1.56 bits per heavy atom. The zero-order valence-electron chi connectivity index (χ0n) is 10.9. The van der Waals surface area contributed by atoms with E-state index in [0.717, 1.165) is 16.6 Å². The second-order valence-corrected chi connectivity index (χ2v) is 8.27. The molecule has 1 saturated heterocycles. The minimum Gasteiger partial charge on any atom is -0.481 e. The van der Waals surface area contributed by atoms with Crippen molar-refractivity contribution in [2.24, 2.45) is 0 Å². The van der Waals surface area contributed by atoms with Gasteiger partial charge >= 0.3 is 0 Å². The predicted molar refractivity (Wildman–Crippen MR) is 75.8 cm³/mol. The second kappa shape index (κ2) is 4.90. The average Bonchev–Trinajstić information content (AvgIpc) is 3.07. The first-order valence-corrected chi connectivity index (χ1v) is 7.62. The van der Waals surface area contributed by atoms with Crippen LogP contribution in [0.5, 0.6) is 5.88 Å². The van der Waals surface area contributed by atoms with Gasteiger partial charge in [0, 0.05) is 23.3 Å². The molecule has 1 aliphatic heterocycles. The summed E-state index contributed by atoms with van der Waals surface area (Å²) in [7, 11) is 0.621. The van der Waals surface area contributed by atoms with Crippen molar-refractivity contribution in [3.8, 4) is 5.88 Å². The van der Waals surface area contributed by atoms with Crippen molar-refractivity contribution in [3.05, 3.63) is 22.3 Å². The van der Waals surface area contributed by atoms with Gasteiger partial charge in [0.2, 0.25) is 5.88 Å². The summed E-state index contributed by atoms with van der Waals surface area (Å²) < 4.78 is 20.1. The van der Waals surface area contributed by atoms with Crippen molar-refractivity contribution in [3.63, 3.8) is 0 Å². The lowest BCUT2D eigenvalue weighted by Crippen LogP contribution is -2.27. The fourth-order valence-corrected chi connectivity index (χ4v) is 3.52. The van der Waals surface area contributed by atoms with Gasteiger partial charge in [0.25, 0.3) is 0 Å². The van der Waals surface area contributed by atoms with E-state index in [-0.39, 0.29) is 10.8 Å². The smallest absolute Gasteiger partial charge is 0.213 e. The van der Waals surface area contributed by atoms with Gasteiger partial charge in [-0.05, 0) is 42.3 Å². The number of methoxy groups -OCH3 is 1. The van der Waals surface area contributed by atoms with Crippen LogP contribution >= 0.6 is 15.9 Å². The summed E-state index contributed by atoms with van der Waals surface area (Å²) in [4.78, 5) is 4.12. The molecular weight excluding hydrogens is 316 g/mol. The van der Waals surface area contributed by atoms with Crippen molar-refractivity contribution in [1.82, 2.24) is 9.29 Å². The highest BCUT2D eigenvalue weighted by molar-refractivity contribution is 9.10. The van der Waals surface area contributed by atoms with Crippen molar-refractivity contribution in [2.45, 2.75) is 31.6 Å². The fourth-order valence-electron chi connectivity index (χ4n) is 1.71. The van der Waals surface area contributed by atoms with E-state index >= 15 is 0 Å². The Kier molecular flexibility index (Phi) is 3.80. The first-order valence-electron chi connectivity index (χ1n) is 5.72. The van der Waals surface area contributed by atoms with Gasteiger partial charge in [-0.25, -0.2) is 13.5 Å². The molecule has 0 spiro atoms. The summed E-state index contributed by atoms with van der Waals surface area (Å²) in [5.74, 6) is 0.585. The summed E-state index contributed by atoms with van der Waals surface area (Å²) in [6.45, 7) is 6.78. The zero-order chi connectivity index (χ0) is 13.5. The molecule has 0 saturated carbocycles. The van der Waals surface area contributed by atoms with Crippen molar-refractivity contribution >= 4 is 26.9 Å². The number of nitrogens with zero attached hydrogens (tertiary/aromatic N) is 2. The lowest BCUT2D eigenvalue weighted by Gasteiger charge is -2.18. The molecule has 6 heteroatoms. The number of aromatic nitrogens is 1. The van der Waals surface area contributed by atoms with Gasteiger partial charge < -0.3 is 4.74 Å². The summed E-state index contributed by atoms with van der Waals surface area (Å²) in [5.41, 5.74) is 1.08. The number of halogens is 1. The highest BCUT2D eigenvalue weighted by Crippen LogP contribution is 2.42. The molecule has 0 bridgehead atoms. The quantitative estimate of drug-likeness (QED) is 0.799. The first-order chi connectivity index (χ1) is 8.34. The van der Waals surface area contributed by atoms with E-state index in [4.69, 9.17) is 4.74 Å². The molecule has 1 aliphatic rings. The molecule has 1 aromatic rings. The largest absolute Gasteiger partial charge is 0.481 e. The third-order valence-corrected chi connectivity index (χ3v) is 5.27. The molecule has 1 unspecified atom stereocenters. The molecule has 3 atom stereocenters. The van der Waals surface area contributed by atoms with Gasteiger partial charge in [-0.15, -0.1) is 0 Å². The molecule has 0 aromatic carbocycles. The third-order valence-electron chi connectivity index (χ3n) is 2.73. The molecule has 1 fully saturated rings. The monoisotopic (exact) mass is 332 g/mol. The maximum Gasteiger partial charge on any atom is 0.213 e. The van der Waals surface area contributed by atoms with Crippen LogP contribution in [0.4, 0.5) is 0 Å². The van der Waals surface area contributed by atoms with Gasteiger partial charge in [0.05, 0.1) is 17.9 Å². The fraction of sp³-hybridized carbons (Fsp3) is 0.583. The highest BCUT2D eigenvalue weighted by Gasteiger charge is 2.44. The Labute approximate surface area is 118 Å². The summed E-state index contributed by atoms with van der Waals surface area (Å²) >= 11 is 3.48. The van der Waals surface area contributed by atoms with Crippen LogP contribution in [0.15, 0.2) is 16.7 Å². The average molecular weight is 333 g/mol. The molecule has 18 heavy (non-hydrogen) atoms. The van der Waals surface area contributed by atoms with Crippen LogP contribution in [0, 0.1) is 0 Å². The summed E-state index contributed by atoms with van der Waals surface area (Å²) in [6.07, 6.45) is 1.73. The lowest BCUT2D eigenvalue weighted by atomic mass is 10.2. The van der Waals surface area contributed by atoms with E-state index in [2.05, 4.69) is 20.9 Å². The van der Waals surface area contributed by atoms with Crippen molar-refractivity contribution in [2.75, 3.05) is 13.7 Å². The minimum absolute atomic E-state index is 0.191. The van der Waals surface area contributed by atoms with Crippen LogP contribution in [-0.4, -0.2) is 31.9 Å². The Morgan fingerprint density at radius 2 is 2.22 bits per heavy atom. The number of ether oxygens (including phenoxy) is 1. The van der Waals surface area contributed by atoms with Gasteiger partial charge in [-0.3, -0.25) is 0 Å². The third kappa shape index (κ3) is 2.75. The number of pyridine rings is 1. The van der Waals surface area contributed by atoms with Gasteiger partial charge in [0.1, 0.15) is 11.0 Å². The zero-order valence-corrected chi connectivity index (χ0v) is 13.3. The molecule has 2 heterocycles. The maximum absolute atomic E-state index is 12.3. The van der Waals surface area contributed by atoms with E-state index in [1.807, 2.05) is 31.1 Å². The maximum atomic E-state index is 12.3. The first kappa shape index (κ1) is 14.0. The van der Waals surface area contributed by atoms with Crippen LogP contribution in [0.3, 0.4) is 0 Å². The molecule has 2 rings (SSSR count). The van der Waals surface area contributed by atoms with Crippen LogP contribution in [-0.2, 0) is 11.0 Å². The standard InChI is InChI=1S/C12H17BrN2O2S/c1-12(2,3)18(16)15-7-10(15)8-5-11(17-4)14-6-9(8)13/h5-6,10H,7H2,1-4H3/t10-,15?,18+/m1/s1. The summed E-state index contributed by atoms with van der Waals surface area (Å²) in [5, 5.41) is 0. The number of rotatable bonds is 3. The summed E-state index contributed by atoms with van der Waals surface area (Å²) in [6, 6.07) is 2.09. The molecule has 0 radical (unpaired) electrons. The molecule has 0 amide bonds. The van der Waals surface area contributed by atoms with Crippen molar-refractivity contribution in [1.29, 1.82) is 0 Å². The topological polar surface area (TPSA) is 42.2 Å². The van der Waals surface area contributed by atoms with Crippen LogP contribution in [0.2, 0.25) is 0 Å². The van der Waals surface area contributed by atoms with E-state index in [0.29, 0.717) is 5.88 Å². The number of hydrogen-bond acceptors (Lipinski definition) is 3. The highest BCUT2D eigenvalue weighted by atomic mass is 79.9. The Hall–Kier alpha value is -0.460. The number of hydrogen-bond donors (Lipinski definition) is 0. The SMILES string of the molecule is COc1cc([C@H]2CN2[S@@](=O)C(C)(C)C)c(Br)cn1. The van der Waals surface area contributed by atoms with E-state index in [1.54, 1.807) is 13.3 Å². The molecule has 0 aliphatic carbocycles. The normalized spacial score (nSPS) is 24.7. The predicted octanol–water partition coefficient (Wildman–Crippen LogP) is 2.67. The Morgan fingerprint density at radius 3 is 2.78 bits per heavy atom. The molecular formula is C12H17BrN2O2S. The van der Waals surface area contributed by atoms with E-state index in [1.165, 1.54) is 0 Å². The minimum atomic E-state index is -0.974. The molecule has 100 valence electrons. The van der Waals surface area contributed by atoms with Crippen molar-refractivity contribution < 1.29 is 8.95 Å².